The van der Waals surface area contributed by atoms with Crippen molar-refractivity contribution in [2.24, 2.45) is 0 Å². The Morgan fingerprint density at radius 1 is 1.00 bits per heavy atom. The second-order valence-electron chi connectivity index (χ2n) is 4.81. The van der Waals surface area contributed by atoms with E-state index in [9.17, 15) is 8.42 Å². The molecular formula is C15H14N2O2S2. The molecule has 0 aliphatic rings. The molecule has 1 N–H and O–H groups in total. The lowest BCUT2D eigenvalue weighted by Crippen LogP contribution is -2.12. The smallest absolute Gasteiger partial charge is 0.255 e. The van der Waals surface area contributed by atoms with Gasteiger partial charge in [-0.25, -0.2) is 13.4 Å². The molecule has 0 aliphatic carbocycles. The van der Waals surface area contributed by atoms with Gasteiger partial charge in [-0.2, -0.15) is 0 Å². The maximum atomic E-state index is 12.3. The van der Waals surface area contributed by atoms with Crippen molar-refractivity contribution in [1.82, 2.24) is 4.98 Å². The average Bonchev–Trinajstić information content (AvgIpc) is 2.88. The molecule has 0 atom stereocenters. The molecular weight excluding hydrogens is 304 g/mol. The minimum atomic E-state index is -3.59. The highest BCUT2D eigenvalue weighted by Crippen LogP contribution is 2.31. The zero-order valence-electron chi connectivity index (χ0n) is 11.6. The van der Waals surface area contributed by atoms with Gasteiger partial charge in [0.05, 0.1) is 15.1 Å². The van der Waals surface area contributed by atoms with Crippen molar-refractivity contribution < 1.29 is 8.42 Å². The minimum Gasteiger partial charge on any atom is -0.255 e. The van der Waals surface area contributed by atoms with E-state index in [1.54, 1.807) is 30.3 Å². The van der Waals surface area contributed by atoms with E-state index in [4.69, 9.17) is 0 Å². The Kier molecular flexibility index (Phi) is 3.43. The number of anilines is 1. The van der Waals surface area contributed by atoms with Crippen LogP contribution in [-0.4, -0.2) is 13.4 Å². The van der Waals surface area contributed by atoms with Crippen molar-refractivity contribution in [2.75, 3.05) is 4.72 Å². The zero-order chi connectivity index (χ0) is 15.0. The van der Waals surface area contributed by atoms with Gasteiger partial charge in [0, 0.05) is 0 Å². The van der Waals surface area contributed by atoms with E-state index in [2.05, 4.69) is 9.71 Å². The molecule has 0 radical (unpaired) electrons. The molecule has 3 aromatic rings. The lowest BCUT2D eigenvalue weighted by molar-refractivity contribution is 0.601. The molecule has 1 heterocycles. The SMILES string of the molecule is Cc1ccc(C)c2sc(NS(=O)(=O)c3ccccc3)nc12. The number of nitrogens with zero attached hydrogens (tertiary/aromatic N) is 1. The Labute approximate surface area is 127 Å². The van der Waals surface area contributed by atoms with Gasteiger partial charge in [0.2, 0.25) is 0 Å². The minimum absolute atomic E-state index is 0.234. The van der Waals surface area contributed by atoms with Crippen LogP contribution in [0.2, 0.25) is 0 Å². The van der Waals surface area contributed by atoms with Crippen LogP contribution in [0.1, 0.15) is 11.1 Å². The molecule has 1 aromatic heterocycles. The van der Waals surface area contributed by atoms with Crippen LogP contribution in [0, 0.1) is 13.8 Å². The first-order chi connectivity index (χ1) is 9.97. The van der Waals surface area contributed by atoms with Gasteiger partial charge in [-0.1, -0.05) is 41.7 Å². The van der Waals surface area contributed by atoms with E-state index >= 15 is 0 Å². The average molecular weight is 318 g/mol. The third-order valence-corrected chi connectivity index (χ3v) is 5.81. The van der Waals surface area contributed by atoms with Crippen molar-refractivity contribution in [2.45, 2.75) is 18.7 Å². The number of aromatic nitrogens is 1. The molecule has 0 bridgehead atoms. The standard InChI is InChI=1S/C15H14N2O2S2/c1-10-8-9-11(2)14-13(10)16-15(20-14)17-21(18,19)12-6-4-3-5-7-12/h3-9H,1-2H3,(H,16,17). The molecule has 0 spiro atoms. The third-order valence-electron chi connectivity index (χ3n) is 3.22. The summed E-state index contributed by atoms with van der Waals surface area (Å²) < 4.78 is 28.2. The predicted octanol–water partition coefficient (Wildman–Crippen LogP) is 3.71. The highest BCUT2D eigenvalue weighted by Gasteiger charge is 2.17. The molecule has 4 nitrogen and oxygen atoms in total. The first kappa shape index (κ1) is 14.0. The first-order valence-corrected chi connectivity index (χ1v) is 8.72. The molecule has 6 heteroatoms. The molecule has 2 aromatic carbocycles. The summed E-state index contributed by atoms with van der Waals surface area (Å²) >= 11 is 1.36. The summed E-state index contributed by atoms with van der Waals surface area (Å²) in [4.78, 5) is 4.65. The number of thiazole rings is 1. The van der Waals surface area contributed by atoms with Crippen LogP contribution >= 0.6 is 11.3 Å². The lowest BCUT2D eigenvalue weighted by atomic mass is 10.1. The second-order valence-corrected chi connectivity index (χ2v) is 7.50. The number of rotatable bonds is 3. The fourth-order valence-corrected chi connectivity index (χ4v) is 4.34. The molecule has 0 fully saturated rings. The number of hydrogen-bond donors (Lipinski definition) is 1. The molecule has 0 amide bonds. The van der Waals surface area contributed by atoms with Crippen LogP contribution in [0.25, 0.3) is 10.2 Å². The Bertz CT molecular complexity index is 861. The summed E-state index contributed by atoms with van der Waals surface area (Å²) in [7, 11) is -3.59. The maximum absolute atomic E-state index is 12.3. The summed E-state index contributed by atoms with van der Waals surface area (Å²) in [6.07, 6.45) is 0. The van der Waals surface area contributed by atoms with E-state index in [1.165, 1.54) is 11.3 Å². The van der Waals surface area contributed by atoms with E-state index < -0.39 is 10.0 Å². The summed E-state index contributed by atoms with van der Waals surface area (Å²) in [6.45, 7) is 3.96. The quantitative estimate of drug-likeness (QED) is 0.801. The van der Waals surface area contributed by atoms with Crippen LogP contribution in [0.4, 0.5) is 5.13 Å². The molecule has 0 unspecified atom stereocenters. The fourth-order valence-electron chi connectivity index (χ4n) is 2.08. The van der Waals surface area contributed by atoms with E-state index in [0.717, 1.165) is 21.3 Å². The topological polar surface area (TPSA) is 59.1 Å². The highest BCUT2D eigenvalue weighted by molar-refractivity contribution is 7.93. The van der Waals surface area contributed by atoms with Gasteiger partial charge in [-0.05, 0) is 37.1 Å². The molecule has 3 rings (SSSR count). The number of benzene rings is 2. The molecule has 108 valence electrons. The summed E-state index contributed by atoms with van der Waals surface area (Å²) in [6, 6.07) is 12.3. The normalized spacial score (nSPS) is 11.7. The Hall–Kier alpha value is -1.92. The Balaban J connectivity index is 2.03. The molecule has 0 aliphatic heterocycles. The summed E-state index contributed by atoms with van der Waals surface area (Å²) in [5, 5.41) is 0.395. The number of nitrogens with one attached hydrogen (secondary N) is 1. The molecule has 0 saturated heterocycles. The summed E-state index contributed by atoms with van der Waals surface area (Å²) in [5.41, 5.74) is 2.99. The number of aryl methyl sites for hydroxylation is 2. The Morgan fingerprint density at radius 3 is 2.33 bits per heavy atom. The van der Waals surface area contributed by atoms with Gasteiger partial charge < -0.3 is 0 Å². The number of fused-ring (bicyclic) bond motifs is 1. The van der Waals surface area contributed by atoms with Gasteiger partial charge in [0.25, 0.3) is 10.0 Å². The Morgan fingerprint density at radius 2 is 1.67 bits per heavy atom. The summed E-state index contributed by atoms with van der Waals surface area (Å²) in [5.74, 6) is 0. The van der Waals surface area contributed by atoms with Crippen LogP contribution in [-0.2, 0) is 10.0 Å². The van der Waals surface area contributed by atoms with Gasteiger partial charge in [-0.3, -0.25) is 4.72 Å². The van der Waals surface area contributed by atoms with Crippen LogP contribution in [0.3, 0.4) is 0 Å². The fraction of sp³-hybridized carbons (Fsp3) is 0.133. The monoisotopic (exact) mass is 318 g/mol. The number of sulfonamides is 1. The van der Waals surface area contributed by atoms with Gasteiger partial charge >= 0.3 is 0 Å². The van der Waals surface area contributed by atoms with E-state index in [0.29, 0.717) is 5.13 Å². The molecule has 0 saturated carbocycles. The molecule has 21 heavy (non-hydrogen) atoms. The van der Waals surface area contributed by atoms with E-state index in [-0.39, 0.29) is 4.90 Å². The van der Waals surface area contributed by atoms with Gasteiger partial charge in [0.15, 0.2) is 5.13 Å². The van der Waals surface area contributed by atoms with Crippen molar-refractivity contribution in [3.63, 3.8) is 0 Å². The third kappa shape index (κ3) is 2.64. The van der Waals surface area contributed by atoms with Crippen molar-refractivity contribution in [3.8, 4) is 0 Å². The lowest BCUT2D eigenvalue weighted by Gasteiger charge is -2.03. The van der Waals surface area contributed by atoms with Crippen molar-refractivity contribution in [3.05, 3.63) is 53.6 Å². The van der Waals surface area contributed by atoms with Crippen LogP contribution in [0.5, 0.6) is 0 Å². The van der Waals surface area contributed by atoms with Gasteiger partial charge in [0.1, 0.15) is 0 Å². The van der Waals surface area contributed by atoms with Crippen LogP contribution in [0.15, 0.2) is 47.4 Å². The van der Waals surface area contributed by atoms with E-state index in [1.807, 2.05) is 26.0 Å². The van der Waals surface area contributed by atoms with Gasteiger partial charge in [-0.15, -0.1) is 0 Å². The number of hydrogen-bond acceptors (Lipinski definition) is 4. The van der Waals surface area contributed by atoms with Crippen LogP contribution < -0.4 is 4.72 Å². The first-order valence-electron chi connectivity index (χ1n) is 6.42. The second kappa shape index (κ2) is 5.13. The van der Waals surface area contributed by atoms with Crippen molar-refractivity contribution >= 4 is 36.7 Å². The zero-order valence-corrected chi connectivity index (χ0v) is 13.3. The highest BCUT2D eigenvalue weighted by atomic mass is 32.2. The van der Waals surface area contributed by atoms with Crippen molar-refractivity contribution in [1.29, 1.82) is 0 Å². The largest absolute Gasteiger partial charge is 0.263 e. The predicted molar refractivity (Wildman–Crippen MR) is 86.3 cm³/mol. The maximum Gasteiger partial charge on any atom is 0.263 e.